The van der Waals surface area contributed by atoms with Crippen molar-refractivity contribution in [2.45, 2.75) is 0 Å². The van der Waals surface area contributed by atoms with Crippen LogP contribution in [0.3, 0.4) is 0 Å². The molecule has 0 spiro atoms. The molecule has 2 aromatic carbocycles. The molecule has 4 nitrogen and oxygen atoms in total. The summed E-state index contributed by atoms with van der Waals surface area (Å²) in [4.78, 5) is 16.2. The first-order chi connectivity index (χ1) is 10.7. The lowest BCUT2D eigenvalue weighted by Gasteiger charge is -2.02. The average Bonchev–Trinajstić information content (AvgIpc) is 2.91. The minimum Gasteiger partial charge on any atom is -0.497 e. The molecule has 1 aliphatic rings. The zero-order valence-corrected chi connectivity index (χ0v) is 12.5. The van der Waals surface area contributed by atoms with Crippen molar-refractivity contribution in [3.63, 3.8) is 0 Å². The number of rotatable bonds is 3. The zero-order valence-electron chi connectivity index (χ0n) is 11.7. The third-order valence-corrected chi connectivity index (χ3v) is 3.36. The lowest BCUT2D eigenvalue weighted by Crippen LogP contribution is -2.05. The lowest BCUT2D eigenvalue weighted by molar-refractivity contribution is -0.129. The number of benzene rings is 2. The van der Waals surface area contributed by atoms with Gasteiger partial charge in [-0.25, -0.2) is 9.79 Å². The van der Waals surface area contributed by atoms with Crippen LogP contribution in [0.5, 0.6) is 5.75 Å². The third-order valence-electron chi connectivity index (χ3n) is 3.11. The predicted octanol–water partition coefficient (Wildman–Crippen LogP) is 3.69. The van der Waals surface area contributed by atoms with E-state index in [-0.39, 0.29) is 11.6 Å². The Hall–Kier alpha value is -2.59. The van der Waals surface area contributed by atoms with Gasteiger partial charge in [0.25, 0.3) is 0 Å². The number of ether oxygens (including phenoxy) is 2. The van der Waals surface area contributed by atoms with Crippen LogP contribution in [0, 0.1) is 0 Å². The molecule has 1 heterocycles. The second kappa shape index (κ2) is 6.03. The Kier molecular flexibility index (Phi) is 3.94. The molecule has 0 amide bonds. The summed E-state index contributed by atoms with van der Waals surface area (Å²) in [6.45, 7) is 0. The standard InChI is InChI=1S/C17H12ClNO3/c1-21-14-4-2-3-12(10-14)16-19-15(17(20)22-16)9-11-5-7-13(18)8-6-11/h2-10H,1H3/b15-9+. The number of halogens is 1. The van der Waals surface area contributed by atoms with Gasteiger partial charge >= 0.3 is 5.97 Å². The maximum atomic E-state index is 11.9. The average molecular weight is 314 g/mol. The van der Waals surface area contributed by atoms with Crippen LogP contribution in [0.4, 0.5) is 0 Å². The Balaban J connectivity index is 1.92. The van der Waals surface area contributed by atoms with Crippen LogP contribution in [0.2, 0.25) is 5.02 Å². The number of aliphatic imine (C=N–C) groups is 1. The highest BCUT2D eigenvalue weighted by Crippen LogP contribution is 2.22. The number of cyclic esters (lactones) is 1. The smallest absolute Gasteiger partial charge is 0.363 e. The van der Waals surface area contributed by atoms with E-state index in [0.717, 1.165) is 5.56 Å². The van der Waals surface area contributed by atoms with E-state index in [4.69, 9.17) is 21.1 Å². The van der Waals surface area contributed by atoms with E-state index in [2.05, 4.69) is 4.99 Å². The number of carbonyl (C=O) groups excluding carboxylic acids is 1. The zero-order chi connectivity index (χ0) is 15.5. The topological polar surface area (TPSA) is 47.9 Å². The normalized spacial score (nSPS) is 15.6. The van der Waals surface area contributed by atoms with Crippen LogP contribution < -0.4 is 4.74 Å². The first kappa shape index (κ1) is 14.4. The summed E-state index contributed by atoms with van der Waals surface area (Å²) in [6.07, 6.45) is 1.66. The second-order valence-electron chi connectivity index (χ2n) is 4.62. The first-order valence-corrected chi connectivity index (χ1v) is 6.96. The van der Waals surface area contributed by atoms with Gasteiger partial charge in [0.05, 0.1) is 7.11 Å². The molecule has 0 atom stereocenters. The quantitative estimate of drug-likeness (QED) is 0.641. The highest BCUT2D eigenvalue weighted by Gasteiger charge is 2.24. The molecule has 0 bridgehead atoms. The molecule has 0 saturated carbocycles. The molecule has 5 heteroatoms. The van der Waals surface area contributed by atoms with Crippen molar-refractivity contribution in [2.75, 3.05) is 7.11 Å². The number of hydrogen-bond acceptors (Lipinski definition) is 4. The van der Waals surface area contributed by atoms with Crippen LogP contribution in [-0.2, 0) is 9.53 Å². The Labute approximate surface area is 132 Å². The van der Waals surface area contributed by atoms with Gasteiger partial charge in [-0.2, -0.15) is 0 Å². The molecule has 0 fully saturated rings. The number of carbonyl (C=O) groups is 1. The minimum absolute atomic E-state index is 0.250. The summed E-state index contributed by atoms with van der Waals surface area (Å²) >= 11 is 5.84. The van der Waals surface area contributed by atoms with Gasteiger partial charge in [0.15, 0.2) is 5.70 Å². The molecule has 22 heavy (non-hydrogen) atoms. The van der Waals surface area contributed by atoms with E-state index in [1.807, 2.05) is 24.3 Å². The maximum absolute atomic E-state index is 11.9. The summed E-state index contributed by atoms with van der Waals surface area (Å²) in [7, 11) is 1.58. The molecule has 0 N–H and O–H groups in total. The summed E-state index contributed by atoms with van der Waals surface area (Å²) in [5, 5.41) is 0.636. The monoisotopic (exact) mass is 313 g/mol. The Morgan fingerprint density at radius 1 is 1.18 bits per heavy atom. The van der Waals surface area contributed by atoms with Crippen LogP contribution in [0.25, 0.3) is 6.08 Å². The summed E-state index contributed by atoms with van der Waals surface area (Å²) in [6, 6.07) is 14.3. The molecule has 110 valence electrons. The number of esters is 1. The largest absolute Gasteiger partial charge is 0.497 e. The molecule has 0 radical (unpaired) electrons. The van der Waals surface area contributed by atoms with Crippen LogP contribution >= 0.6 is 11.6 Å². The summed E-state index contributed by atoms with van der Waals surface area (Å²) < 4.78 is 10.4. The first-order valence-electron chi connectivity index (χ1n) is 6.58. The molecular formula is C17H12ClNO3. The SMILES string of the molecule is COc1cccc(C2=N/C(=C/c3ccc(Cl)cc3)C(=O)O2)c1. The van der Waals surface area contributed by atoms with Crippen molar-refractivity contribution in [3.05, 3.63) is 70.4 Å². The Bertz CT molecular complexity index is 779. The van der Waals surface area contributed by atoms with E-state index < -0.39 is 5.97 Å². The lowest BCUT2D eigenvalue weighted by atomic mass is 10.2. The van der Waals surface area contributed by atoms with Gasteiger partial charge in [-0.1, -0.05) is 29.8 Å². The summed E-state index contributed by atoms with van der Waals surface area (Å²) in [5.74, 6) is 0.461. The van der Waals surface area contributed by atoms with Crippen molar-refractivity contribution >= 4 is 29.5 Å². The number of hydrogen-bond donors (Lipinski definition) is 0. The van der Waals surface area contributed by atoms with Gasteiger partial charge in [-0.05, 0) is 42.0 Å². The van der Waals surface area contributed by atoms with Gasteiger partial charge in [0.1, 0.15) is 5.75 Å². The maximum Gasteiger partial charge on any atom is 0.363 e. The molecule has 2 aromatic rings. The van der Waals surface area contributed by atoms with Gasteiger partial charge in [0, 0.05) is 10.6 Å². The second-order valence-corrected chi connectivity index (χ2v) is 5.06. The minimum atomic E-state index is -0.479. The van der Waals surface area contributed by atoms with Gasteiger partial charge in [0.2, 0.25) is 5.90 Å². The molecule has 0 aromatic heterocycles. The van der Waals surface area contributed by atoms with Gasteiger partial charge < -0.3 is 9.47 Å². The fourth-order valence-electron chi connectivity index (χ4n) is 2.01. The Morgan fingerprint density at radius 2 is 1.95 bits per heavy atom. The van der Waals surface area contributed by atoms with Crippen LogP contribution in [0.1, 0.15) is 11.1 Å². The highest BCUT2D eigenvalue weighted by atomic mass is 35.5. The van der Waals surface area contributed by atoms with E-state index in [1.54, 1.807) is 37.5 Å². The van der Waals surface area contributed by atoms with Crippen molar-refractivity contribution in [1.82, 2.24) is 0 Å². The number of methoxy groups -OCH3 is 1. The van der Waals surface area contributed by atoms with E-state index in [0.29, 0.717) is 16.3 Å². The van der Waals surface area contributed by atoms with Crippen molar-refractivity contribution in [1.29, 1.82) is 0 Å². The van der Waals surface area contributed by atoms with E-state index in [9.17, 15) is 4.79 Å². The molecule has 3 rings (SSSR count). The molecule has 1 aliphatic heterocycles. The van der Waals surface area contributed by atoms with Crippen LogP contribution in [0.15, 0.2) is 59.2 Å². The molecule has 0 unspecified atom stereocenters. The fourth-order valence-corrected chi connectivity index (χ4v) is 2.13. The predicted molar refractivity (Wildman–Crippen MR) is 85.1 cm³/mol. The fraction of sp³-hybridized carbons (Fsp3) is 0.0588. The number of nitrogens with zero attached hydrogens (tertiary/aromatic N) is 1. The van der Waals surface area contributed by atoms with Crippen molar-refractivity contribution < 1.29 is 14.3 Å². The molecule has 0 aliphatic carbocycles. The van der Waals surface area contributed by atoms with Crippen LogP contribution in [-0.4, -0.2) is 19.0 Å². The molecular weight excluding hydrogens is 302 g/mol. The van der Waals surface area contributed by atoms with Gasteiger partial charge in [-0.15, -0.1) is 0 Å². The van der Waals surface area contributed by atoms with Gasteiger partial charge in [-0.3, -0.25) is 0 Å². The third kappa shape index (κ3) is 3.02. The summed E-state index contributed by atoms with van der Waals surface area (Å²) in [5.41, 5.74) is 1.76. The van der Waals surface area contributed by atoms with Crippen molar-refractivity contribution in [2.24, 2.45) is 4.99 Å². The molecule has 0 saturated heterocycles. The van der Waals surface area contributed by atoms with E-state index >= 15 is 0 Å². The van der Waals surface area contributed by atoms with Crippen molar-refractivity contribution in [3.8, 4) is 5.75 Å². The van der Waals surface area contributed by atoms with E-state index in [1.165, 1.54) is 0 Å². The Morgan fingerprint density at radius 3 is 2.68 bits per heavy atom. The highest BCUT2D eigenvalue weighted by molar-refractivity contribution is 6.30.